The van der Waals surface area contributed by atoms with Gasteiger partial charge in [0.2, 0.25) is 0 Å². The van der Waals surface area contributed by atoms with Crippen molar-refractivity contribution >= 4 is 105 Å². The van der Waals surface area contributed by atoms with Gasteiger partial charge in [0.15, 0.2) is 0 Å². The lowest BCUT2D eigenvalue weighted by Crippen LogP contribution is -2.47. The molecule has 2 unspecified atom stereocenters. The Morgan fingerprint density at radius 2 is 0.971 bits per heavy atom. The maximum atomic E-state index is 13.5. The van der Waals surface area contributed by atoms with Gasteiger partial charge in [-0.2, -0.15) is 0 Å². The molecular weight excluding hydrogens is 986 g/mol. The summed E-state index contributed by atoms with van der Waals surface area (Å²) in [5, 5.41) is 18.8. The van der Waals surface area contributed by atoms with E-state index in [4.69, 9.17) is 55.9 Å². The Balaban J connectivity index is 1.17. The number of carbonyl (C=O) groups is 4. The molecule has 0 saturated carbocycles. The van der Waals surface area contributed by atoms with Crippen LogP contribution < -0.4 is 9.80 Å². The number of carboxylic acids is 2. The van der Waals surface area contributed by atoms with E-state index in [1.807, 2.05) is 70.5 Å². The first-order valence-corrected chi connectivity index (χ1v) is 25.1. The van der Waals surface area contributed by atoms with Crippen LogP contribution in [0.3, 0.4) is 0 Å². The van der Waals surface area contributed by atoms with Crippen molar-refractivity contribution in [3.8, 4) is 22.3 Å². The number of carboxylic acid groups (broad SMARTS) is 2. The van der Waals surface area contributed by atoms with Crippen LogP contribution in [0.15, 0.2) is 105 Å². The molecule has 2 amide bonds. The SMILES string of the molecule is O=C(O)CN1CCN(c2cccc(-c3cc(/C=C(/Cl)C(=O)N4CCOCC4Cl)ccc3Sc3ccc(/C=C(/Cl)C(=O)N4CCOCC4Cl)cc3-c3cccc(N4CCN(CC(=O)O)CC4)c3)c2)CC1. The second-order valence-electron chi connectivity index (χ2n) is 17.0. The zero-order chi connectivity index (χ0) is 48.6. The number of aliphatic carboxylic acids is 2. The van der Waals surface area contributed by atoms with Crippen molar-refractivity contribution in [3.05, 3.63) is 106 Å². The Morgan fingerprint density at radius 1 is 0.565 bits per heavy atom. The summed E-state index contributed by atoms with van der Waals surface area (Å²) in [6.45, 7) is 6.92. The van der Waals surface area contributed by atoms with E-state index in [-0.39, 0.29) is 48.2 Å². The summed E-state index contributed by atoms with van der Waals surface area (Å²) in [7, 11) is 0. The summed E-state index contributed by atoms with van der Waals surface area (Å²) in [5.41, 5.74) is 5.74. The Hall–Kier alpha value is -4.81. The average Bonchev–Trinajstić information content (AvgIpc) is 3.35. The summed E-state index contributed by atoms with van der Waals surface area (Å²) in [6, 6.07) is 28.4. The fraction of sp³-hybridized carbons (Fsp3) is 0.360. The third-order valence-corrected chi connectivity index (χ3v) is 14.8. The lowest BCUT2D eigenvalue weighted by molar-refractivity contribution is -0.139. The van der Waals surface area contributed by atoms with E-state index < -0.39 is 22.9 Å². The van der Waals surface area contributed by atoms with Crippen molar-refractivity contribution in [3.63, 3.8) is 0 Å². The van der Waals surface area contributed by atoms with Gasteiger partial charge in [0.1, 0.15) is 21.1 Å². The van der Waals surface area contributed by atoms with Crippen molar-refractivity contribution < 1.29 is 38.9 Å². The van der Waals surface area contributed by atoms with Crippen molar-refractivity contribution in [2.75, 3.05) is 115 Å². The quantitative estimate of drug-likeness (QED) is 0.0728. The highest BCUT2D eigenvalue weighted by Gasteiger charge is 2.29. The predicted octanol–water partition coefficient (Wildman–Crippen LogP) is 7.59. The molecule has 4 saturated heterocycles. The number of carbonyl (C=O) groups excluding carboxylic acids is 2. The smallest absolute Gasteiger partial charge is 0.317 e. The van der Waals surface area contributed by atoms with Crippen LogP contribution in [-0.4, -0.2) is 170 Å². The first-order valence-electron chi connectivity index (χ1n) is 22.6. The highest BCUT2D eigenvalue weighted by Crippen LogP contribution is 2.43. The number of piperazine rings is 2. The van der Waals surface area contributed by atoms with E-state index >= 15 is 0 Å². The van der Waals surface area contributed by atoms with E-state index in [9.17, 15) is 29.4 Å². The second-order valence-corrected chi connectivity index (χ2v) is 19.9. The molecule has 0 radical (unpaired) electrons. The van der Waals surface area contributed by atoms with Crippen molar-refractivity contribution in [1.82, 2.24) is 19.6 Å². The molecule has 0 spiro atoms. The number of ether oxygens (including phenoxy) is 2. The van der Waals surface area contributed by atoms with Gasteiger partial charge in [0.25, 0.3) is 11.8 Å². The van der Waals surface area contributed by atoms with Crippen LogP contribution in [0, 0.1) is 0 Å². The molecule has 2 N–H and O–H groups in total. The molecule has 0 bridgehead atoms. The number of anilines is 2. The van der Waals surface area contributed by atoms with Gasteiger partial charge in [0.05, 0.1) is 39.5 Å². The largest absolute Gasteiger partial charge is 0.480 e. The number of benzene rings is 4. The lowest BCUT2D eigenvalue weighted by atomic mass is 10.0. The molecule has 8 rings (SSSR count). The van der Waals surface area contributed by atoms with Gasteiger partial charge in [0, 0.05) is 86.6 Å². The Kier molecular flexibility index (Phi) is 17.2. The molecule has 14 nitrogen and oxygen atoms in total. The molecule has 2 atom stereocenters. The normalized spacial score (nSPS) is 20.0. The summed E-state index contributed by atoms with van der Waals surface area (Å²) < 4.78 is 10.9. The summed E-state index contributed by atoms with van der Waals surface area (Å²) in [6.07, 6.45) is 3.31. The average molecular weight is 1040 g/mol. The number of halogens is 4. The second kappa shape index (κ2) is 23.4. The molecule has 4 fully saturated rings. The first kappa shape index (κ1) is 50.6. The number of amides is 2. The number of rotatable bonds is 14. The van der Waals surface area contributed by atoms with Crippen LogP contribution in [0.1, 0.15) is 11.1 Å². The zero-order valence-electron chi connectivity index (χ0n) is 37.7. The van der Waals surface area contributed by atoms with E-state index in [0.717, 1.165) is 43.4 Å². The Labute approximate surface area is 425 Å². The van der Waals surface area contributed by atoms with Crippen LogP contribution in [-0.2, 0) is 28.7 Å². The Bertz CT molecular complexity index is 2430. The third kappa shape index (κ3) is 12.9. The fourth-order valence-electron chi connectivity index (χ4n) is 8.77. The highest BCUT2D eigenvalue weighted by molar-refractivity contribution is 7.99. The minimum absolute atomic E-state index is 0.000118. The molecule has 0 aliphatic carbocycles. The first-order chi connectivity index (χ1) is 33.3. The van der Waals surface area contributed by atoms with Gasteiger partial charge < -0.3 is 39.3 Å². The van der Waals surface area contributed by atoms with Crippen LogP contribution >= 0.6 is 58.2 Å². The number of nitrogens with zero attached hydrogens (tertiary/aromatic N) is 6. The number of alkyl halides is 2. The zero-order valence-corrected chi connectivity index (χ0v) is 41.5. The minimum atomic E-state index is -0.846. The lowest BCUT2D eigenvalue weighted by Gasteiger charge is -2.35. The van der Waals surface area contributed by atoms with E-state index in [2.05, 4.69) is 34.1 Å². The van der Waals surface area contributed by atoms with E-state index in [0.29, 0.717) is 89.8 Å². The van der Waals surface area contributed by atoms with Crippen LogP contribution in [0.25, 0.3) is 34.4 Å². The maximum Gasteiger partial charge on any atom is 0.317 e. The van der Waals surface area contributed by atoms with Gasteiger partial charge in [-0.1, -0.05) is 94.6 Å². The van der Waals surface area contributed by atoms with Crippen molar-refractivity contribution in [1.29, 1.82) is 0 Å². The van der Waals surface area contributed by atoms with Gasteiger partial charge in [-0.3, -0.25) is 29.0 Å². The summed E-state index contributed by atoms with van der Waals surface area (Å²) in [5.74, 6) is -2.47. The molecule has 364 valence electrons. The highest BCUT2D eigenvalue weighted by atomic mass is 35.5. The van der Waals surface area contributed by atoms with Gasteiger partial charge >= 0.3 is 11.9 Å². The molecule has 0 aromatic heterocycles. The van der Waals surface area contributed by atoms with Crippen LogP contribution in [0.4, 0.5) is 11.4 Å². The van der Waals surface area contributed by atoms with E-state index in [1.165, 1.54) is 9.80 Å². The van der Waals surface area contributed by atoms with Crippen LogP contribution in [0.5, 0.6) is 0 Å². The topological polar surface area (TPSA) is 147 Å². The number of hydrogen-bond acceptors (Lipinski definition) is 11. The van der Waals surface area contributed by atoms with Crippen molar-refractivity contribution in [2.45, 2.75) is 20.8 Å². The molecule has 69 heavy (non-hydrogen) atoms. The fourth-order valence-corrected chi connectivity index (χ4v) is 10.9. The third-order valence-electron chi connectivity index (χ3n) is 12.4. The Morgan fingerprint density at radius 3 is 1.35 bits per heavy atom. The molecule has 4 aromatic carbocycles. The molecule has 19 heteroatoms. The van der Waals surface area contributed by atoms with Crippen LogP contribution in [0.2, 0.25) is 0 Å². The van der Waals surface area contributed by atoms with Gasteiger partial charge in [-0.05, 0) is 94.1 Å². The molecule has 4 aliphatic rings. The molecule has 4 aromatic rings. The van der Waals surface area contributed by atoms with Gasteiger partial charge in [-0.15, -0.1) is 0 Å². The van der Waals surface area contributed by atoms with Gasteiger partial charge in [-0.25, -0.2) is 0 Å². The summed E-state index contributed by atoms with van der Waals surface area (Å²) >= 11 is 28.0. The van der Waals surface area contributed by atoms with Crippen molar-refractivity contribution in [2.24, 2.45) is 0 Å². The van der Waals surface area contributed by atoms with E-state index in [1.54, 1.807) is 23.9 Å². The monoisotopic (exact) mass is 1040 g/mol. The minimum Gasteiger partial charge on any atom is -0.480 e. The predicted molar refractivity (Wildman–Crippen MR) is 272 cm³/mol. The molecule has 4 heterocycles. The summed E-state index contributed by atoms with van der Waals surface area (Å²) in [4.78, 5) is 63.1. The molecular formula is C50H52Cl4N6O8S. The maximum absolute atomic E-state index is 13.5. The standard InChI is InChI=1S/C50H52Cl4N6O8S/c51-41(49(65)59-19-21-67-31-45(59)53)25-33-7-9-43(39(23-33)35-3-1-5-37(27-35)57-15-11-55(12-16-57)29-47(61)62)69-44-10-8-34(26-42(52)50(66)60-20-22-68-32-46(60)54)24-40(44)36-4-2-6-38(28-36)58-17-13-56(14-18-58)30-48(63)64/h1-10,23-28,45-46H,11-22,29-32H2,(H,61,62)(H,63,64)/b41-25+,42-26+. The number of morpholine rings is 2. The number of hydrogen-bond donors (Lipinski definition) is 2. The molecule has 4 aliphatic heterocycles.